The largest absolute Gasteiger partial charge is 0.492 e. The summed E-state index contributed by atoms with van der Waals surface area (Å²) in [5.41, 5.74) is 1.80. The van der Waals surface area contributed by atoms with Crippen molar-refractivity contribution >= 4 is 17.3 Å². The number of amides is 1. The van der Waals surface area contributed by atoms with Crippen LogP contribution in [0.3, 0.4) is 0 Å². The maximum atomic E-state index is 11.9. The molecule has 1 atom stereocenters. The molecule has 1 amide bonds. The van der Waals surface area contributed by atoms with Crippen LogP contribution < -0.4 is 15.0 Å². The zero-order valence-electron chi connectivity index (χ0n) is 10.5. The molecule has 0 saturated carbocycles. The van der Waals surface area contributed by atoms with Gasteiger partial charge in [0.25, 0.3) is 0 Å². The molecule has 0 saturated heterocycles. The summed E-state index contributed by atoms with van der Waals surface area (Å²) in [6.45, 7) is 4.54. The highest BCUT2D eigenvalue weighted by Crippen LogP contribution is 2.38. The molecule has 1 aliphatic rings. The summed E-state index contributed by atoms with van der Waals surface area (Å²) >= 11 is 0. The number of anilines is 2. The first-order chi connectivity index (χ1) is 8.19. The van der Waals surface area contributed by atoms with Gasteiger partial charge in [0.2, 0.25) is 5.91 Å². The summed E-state index contributed by atoms with van der Waals surface area (Å²) in [6, 6.07) is 5.73. The van der Waals surface area contributed by atoms with Crippen LogP contribution in [0, 0.1) is 0 Å². The summed E-state index contributed by atoms with van der Waals surface area (Å²) in [6.07, 6.45) is 0.792. The first kappa shape index (κ1) is 11.8. The molecule has 4 heteroatoms. The summed E-state index contributed by atoms with van der Waals surface area (Å²) in [5.74, 6) is 0.773. The molecule has 92 valence electrons. The number of nitrogens with one attached hydrogen (secondary N) is 1. The molecule has 0 radical (unpaired) electrons. The van der Waals surface area contributed by atoms with E-state index in [1.807, 2.05) is 44.0 Å². The highest BCUT2D eigenvalue weighted by molar-refractivity contribution is 6.05. The van der Waals surface area contributed by atoms with E-state index >= 15 is 0 Å². The van der Waals surface area contributed by atoms with Crippen LogP contribution in [-0.4, -0.2) is 25.6 Å². The molecule has 1 N–H and O–H groups in total. The number of carbonyl (C=O) groups excluding carboxylic acids is 1. The number of fused-ring (bicyclic) bond motifs is 1. The van der Waals surface area contributed by atoms with Crippen molar-refractivity contribution in [3.05, 3.63) is 18.2 Å². The van der Waals surface area contributed by atoms with Gasteiger partial charge in [0.05, 0.1) is 12.3 Å². The second-order valence-corrected chi connectivity index (χ2v) is 4.11. The number of hydrogen-bond acceptors (Lipinski definition) is 3. The lowest BCUT2D eigenvalue weighted by Gasteiger charge is -2.35. The molecule has 2 rings (SSSR count). The molecule has 1 aromatic rings. The maximum Gasteiger partial charge on any atom is 0.247 e. The van der Waals surface area contributed by atoms with E-state index in [9.17, 15) is 4.79 Å². The highest BCUT2D eigenvalue weighted by Gasteiger charge is 2.30. The summed E-state index contributed by atoms with van der Waals surface area (Å²) in [5, 5.41) is 2.94. The van der Waals surface area contributed by atoms with Crippen molar-refractivity contribution in [3.63, 3.8) is 0 Å². The Balaban J connectivity index is 2.44. The Kier molecular flexibility index (Phi) is 3.22. The van der Waals surface area contributed by atoms with Gasteiger partial charge in [0, 0.05) is 7.05 Å². The van der Waals surface area contributed by atoms with E-state index < -0.39 is 0 Å². The van der Waals surface area contributed by atoms with Crippen LogP contribution in [0.5, 0.6) is 5.75 Å². The Morgan fingerprint density at radius 2 is 2.18 bits per heavy atom. The molecule has 1 aliphatic heterocycles. The van der Waals surface area contributed by atoms with Gasteiger partial charge in [0.15, 0.2) is 0 Å². The lowest BCUT2D eigenvalue weighted by atomic mass is 10.1. The lowest BCUT2D eigenvalue weighted by Crippen LogP contribution is -2.45. The molecule has 17 heavy (non-hydrogen) atoms. The van der Waals surface area contributed by atoms with Crippen molar-refractivity contribution in [3.8, 4) is 5.75 Å². The average Bonchev–Trinajstić information content (AvgIpc) is 2.31. The zero-order chi connectivity index (χ0) is 12.4. The van der Waals surface area contributed by atoms with E-state index in [4.69, 9.17) is 4.74 Å². The Labute approximate surface area is 102 Å². The van der Waals surface area contributed by atoms with Crippen LogP contribution in [0.2, 0.25) is 0 Å². The molecule has 0 aliphatic carbocycles. The molecule has 0 fully saturated rings. The van der Waals surface area contributed by atoms with Gasteiger partial charge in [-0.1, -0.05) is 13.0 Å². The van der Waals surface area contributed by atoms with Crippen molar-refractivity contribution in [1.29, 1.82) is 0 Å². The van der Waals surface area contributed by atoms with Gasteiger partial charge in [-0.3, -0.25) is 4.79 Å². The number of ether oxygens (including phenoxy) is 1. The van der Waals surface area contributed by atoms with Gasteiger partial charge in [-0.2, -0.15) is 0 Å². The molecular formula is C13H18N2O2. The summed E-state index contributed by atoms with van der Waals surface area (Å²) < 4.78 is 5.53. The third-order valence-corrected chi connectivity index (χ3v) is 3.09. The van der Waals surface area contributed by atoms with Gasteiger partial charge in [-0.25, -0.2) is 0 Å². The number of para-hydroxylation sites is 1. The van der Waals surface area contributed by atoms with Crippen LogP contribution in [0.25, 0.3) is 0 Å². The van der Waals surface area contributed by atoms with E-state index in [-0.39, 0.29) is 11.9 Å². The minimum absolute atomic E-state index is 0.0367. The van der Waals surface area contributed by atoms with E-state index in [2.05, 4.69) is 5.32 Å². The first-order valence-electron chi connectivity index (χ1n) is 5.98. The molecular weight excluding hydrogens is 216 g/mol. The fraction of sp³-hybridized carbons (Fsp3) is 0.462. The second-order valence-electron chi connectivity index (χ2n) is 4.11. The standard InChI is InChI=1S/C13H18N2O2/c1-4-9-13(16)14-12-10(15(9)3)7-6-8-11(12)17-5-2/h6-9H,4-5H2,1-3H3,(H,14,16). The Hall–Kier alpha value is -1.71. The van der Waals surface area contributed by atoms with Crippen LogP contribution in [0.15, 0.2) is 18.2 Å². The molecule has 0 aromatic heterocycles. The van der Waals surface area contributed by atoms with Gasteiger partial charge >= 0.3 is 0 Å². The monoisotopic (exact) mass is 234 g/mol. The minimum Gasteiger partial charge on any atom is -0.492 e. The van der Waals surface area contributed by atoms with Crippen molar-refractivity contribution in [2.75, 3.05) is 23.9 Å². The molecule has 4 nitrogen and oxygen atoms in total. The topological polar surface area (TPSA) is 41.6 Å². The SMILES string of the molecule is CCOc1cccc2c1NC(=O)C(CC)N2C. The van der Waals surface area contributed by atoms with Crippen molar-refractivity contribution in [2.45, 2.75) is 26.3 Å². The van der Waals surface area contributed by atoms with Gasteiger partial charge < -0.3 is 15.0 Å². The number of carbonyl (C=O) groups is 1. The lowest BCUT2D eigenvalue weighted by molar-refractivity contribution is -0.117. The molecule has 0 bridgehead atoms. The number of likely N-dealkylation sites (N-methyl/N-ethyl adjacent to an activating group) is 1. The van der Waals surface area contributed by atoms with Crippen molar-refractivity contribution < 1.29 is 9.53 Å². The summed E-state index contributed by atoms with van der Waals surface area (Å²) in [7, 11) is 1.95. The fourth-order valence-corrected chi connectivity index (χ4v) is 2.22. The normalized spacial score (nSPS) is 18.6. The van der Waals surface area contributed by atoms with Crippen molar-refractivity contribution in [2.24, 2.45) is 0 Å². The van der Waals surface area contributed by atoms with Crippen LogP contribution in [0.1, 0.15) is 20.3 Å². The van der Waals surface area contributed by atoms with Crippen LogP contribution >= 0.6 is 0 Å². The molecule has 1 aromatic carbocycles. The van der Waals surface area contributed by atoms with Gasteiger partial charge in [-0.05, 0) is 25.5 Å². The fourth-order valence-electron chi connectivity index (χ4n) is 2.22. The predicted octanol–water partition coefficient (Wildman–Crippen LogP) is 2.25. The van der Waals surface area contributed by atoms with E-state index in [1.165, 1.54) is 0 Å². The zero-order valence-corrected chi connectivity index (χ0v) is 10.5. The third-order valence-electron chi connectivity index (χ3n) is 3.09. The Morgan fingerprint density at radius 1 is 1.41 bits per heavy atom. The second kappa shape index (κ2) is 4.65. The number of hydrogen-bond donors (Lipinski definition) is 1. The third kappa shape index (κ3) is 1.95. The van der Waals surface area contributed by atoms with Gasteiger partial charge in [0.1, 0.15) is 17.5 Å². The van der Waals surface area contributed by atoms with E-state index in [0.29, 0.717) is 6.61 Å². The number of rotatable bonds is 3. The molecule has 1 heterocycles. The van der Waals surface area contributed by atoms with E-state index in [0.717, 1.165) is 23.5 Å². The van der Waals surface area contributed by atoms with Crippen LogP contribution in [-0.2, 0) is 4.79 Å². The Morgan fingerprint density at radius 3 is 2.82 bits per heavy atom. The van der Waals surface area contributed by atoms with E-state index in [1.54, 1.807) is 0 Å². The maximum absolute atomic E-state index is 11.9. The number of nitrogens with zero attached hydrogens (tertiary/aromatic N) is 1. The molecule has 0 spiro atoms. The average molecular weight is 234 g/mol. The van der Waals surface area contributed by atoms with Crippen molar-refractivity contribution in [1.82, 2.24) is 0 Å². The molecule has 1 unspecified atom stereocenters. The summed E-state index contributed by atoms with van der Waals surface area (Å²) in [4.78, 5) is 14.0. The number of benzene rings is 1. The van der Waals surface area contributed by atoms with Crippen LogP contribution in [0.4, 0.5) is 11.4 Å². The highest BCUT2D eigenvalue weighted by atomic mass is 16.5. The smallest absolute Gasteiger partial charge is 0.247 e. The predicted molar refractivity (Wildman–Crippen MR) is 68.7 cm³/mol. The Bertz CT molecular complexity index is 431. The van der Waals surface area contributed by atoms with Gasteiger partial charge in [-0.15, -0.1) is 0 Å². The quantitative estimate of drug-likeness (QED) is 0.872. The minimum atomic E-state index is -0.0978. The first-order valence-corrected chi connectivity index (χ1v) is 5.98.